The molecule has 2 nitrogen and oxygen atoms in total. The van der Waals surface area contributed by atoms with E-state index in [-0.39, 0.29) is 0 Å². The first-order valence-corrected chi connectivity index (χ1v) is 7.32. The summed E-state index contributed by atoms with van der Waals surface area (Å²) in [7, 11) is 1.74. The van der Waals surface area contributed by atoms with Gasteiger partial charge in [-0.1, -0.05) is 6.92 Å². The van der Waals surface area contributed by atoms with Gasteiger partial charge >= 0.3 is 0 Å². The van der Waals surface area contributed by atoms with Crippen molar-refractivity contribution in [2.24, 2.45) is 5.92 Å². The van der Waals surface area contributed by atoms with Gasteiger partial charge in [-0.2, -0.15) is 0 Å². The molecule has 1 N–H and O–H groups in total. The molecule has 0 saturated heterocycles. The number of rotatable bonds is 8. The molecule has 1 atom stereocenters. The quantitative estimate of drug-likeness (QED) is 0.744. The Kier molecular flexibility index (Phi) is 7.28. The van der Waals surface area contributed by atoms with Crippen molar-refractivity contribution in [3.8, 4) is 0 Å². The fourth-order valence-corrected chi connectivity index (χ4v) is 2.97. The van der Waals surface area contributed by atoms with Crippen molar-refractivity contribution in [3.63, 3.8) is 0 Å². The lowest BCUT2D eigenvalue weighted by molar-refractivity contribution is 0.198. The van der Waals surface area contributed by atoms with E-state index in [0.717, 1.165) is 25.6 Å². The van der Waals surface area contributed by atoms with E-state index in [0.29, 0.717) is 0 Å². The SMILES string of the molecule is COCCNCC(C)CCc1cc(Br)cs1. The summed E-state index contributed by atoms with van der Waals surface area (Å²) in [5.41, 5.74) is 0. The smallest absolute Gasteiger partial charge is 0.0587 e. The van der Waals surface area contributed by atoms with Crippen LogP contribution in [0.4, 0.5) is 0 Å². The third-order valence-corrected chi connectivity index (χ3v) is 4.24. The number of hydrogen-bond acceptors (Lipinski definition) is 3. The first kappa shape index (κ1) is 14.2. The molecule has 0 fully saturated rings. The van der Waals surface area contributed by atoms with Gasteiger partial charge < -0.3 is 10.1 Å². The highest BCUT2D eigenvalue weighted by atomic mass is 79.9. The topological polar surface area (TPSA) is 21.3 Å². The molecule has 0 aliphatic carbocycles. The molecule has 1 rings (SSSR count). The lowest BCUT2D eigenvalue weighted by Gasteiger charge is -2.11. The summed E-state index contributed by atoms with van der Waals surface area (Å²) >= 11 is 5.32. The third kappa shape index (κ3) is 5.99. The molecular weight excluding hydrogens is 286 g/mol. The van der Waals surface area contributed by atoms with E-state index in [1.807, 2.05) is 11.3 Å². The van der Waals surface area contributed by atoms with Crippen LogP contribution < -0.4 is 5.32 Å². The molecular formula is C12H20BrNOS. The van der Waals surface area contributed by atoms with E-state index in [1.165, 1.54) is 22.2 Å². The number of aryl methyl sites for hydroxylation is 1. The number of thiophene rings is 1. The van der Waals surface area contributed by atoms with Crippen molar-refractivity contribution in [1.29, 1.82) is 0 Å². The molecule has 0 bridgehead atoms. The molecule has 0 amide bonds. The van der Waals surface area contributed by atoms with E-state index >= 15 is 0 Å². The van der Waals surface area contributed by atoms with E-state index in [2.05, 4.69) is 39.6 Å². The molecule has 0 aliphatic rings. The van der Waals surface area contributed by atoms with E-state index in [9.17, 15) is 0 Å². The summed E-state index contributed by atoms with van der Waals surface area (Å²) in [6, 6.07) is 2.22. The normalized spacial score (nSPS) is 12.9. The van der Waals surface area contributed by atoms with Crippen LogP contribution in [0.25, 0.3) is 0 Å². The summed E-state index contributed by atoms with van der Waals surface area (Å²) in [4.78, 5) is 1.47. The maximum absolute atomic E-state index is 4.99. The standard InChI is InChI=1S/C12H20BrNOS/c1-10(8-14-5-6-15-2)3-4-12-7-11(13)9-16-12/h7,9-10,14H,3-6,8H2,1-2H3. The highest BCUT2D eigenvalue weighted by Crippen LogP contribution is 2.21. The van der Waals surface area contributed by atoms with Crippen molar-refractivity contribution in [3.05, 3.63) is 20.8 Å². The Morgan fingerprint density at radius 2 is 2.38 bits per heavy atom. The Morgan fingerprint density at radius 3 is 3.00 bits per heavy atom. The maximum atomic E-state index is 4.99. The van der Waals surface area contributed by atoms with Crippen LogP contribution in [0.3, 0.4) is 0 Å². The molecule has 0 aliphatic heterocycles. The Morgan fingerprint density at radius 1 is 1.56 bits per heavy atom. The van der Waals surface area contributed by atoms with Crippen LogP contribution in [-0.2, 0) is 11.2 Å². The Bertz CT molecular complexity index is 290. The predicted octanol–water partition coefficient (Wildman–Crippen LogP) is 3.32. The van der Waals surface area contributed by atoms with Gasteiger partial charge in [-0.25, -0.2) is 0 Å². The van der Waals surface area contributed by atoms with Crippen LogP contribution in [0.1, 0.15) is 18.2 Å². The van der Waals surface area contributed by atoms with Crippen molar-refractivity contribution in [2.75, 3.05) is 26.8 Å². The number of ether oxygens (including phenoxy) is 1. The van der Waals surface area contributed by atoms with Gasteiger partial charge in [-0.05, 0) is 47.3 Å². The van der Waals surface area contributed by atoms with E-state index in [1.54, 1.807) is 7.11 Å². The first-order valence-electron chi connectivity index (χ1n) is 5.65. The van der Waals surface area contributed by atoms with Gasteiger partial charge in [0.05, 0.1) is 6.61 Å². The Labute approximate surface area is 111 Å². The zero-order valence-corrected chi connectivity index (χ0v) is 12.4. The van der Waals surface area contributed by atoms with Gasteiger partial charge in [0.1, 0.15) is 0 Å². The minimum atomic E-state index is 0.720. The van der Waals surface area contributed by atoms with Crippen LogP contribution in [0.5, 0.6) is 0 Å². The van der Waals surface area contributed by atoms with Crippen molar-refractivity contribution >= 4 is 27.3 Å². The summed E-state index contributed by atoms with van der Waals surface area (Å²) in [5.74, 6) is 0.720. The molecule has 16 heavy (non-hydrogen) atoms. The molecule has 0 spiro atoms. The van der Waals surface area contributed by atoms with Crippen LogP contribution in [0.2, 0.25) is 0 Å². The van der Waals surface area contributed by atoms with E-state index in [4.69, 9.17) is 4.74 Å². The van der Waals surface area contributed by atoms with Gasteiger partial charge in [0.15, 0.2) is 0 Å². The fraction of sp³-hybridized carbons (Fsp3) is 0.667. The third-order valence-electron chi connectivity index (χ3n) is 2.48. The molecule has 4 heteroatoms. The minimum absolute atomic E-state index is 0.720. The second-order valence-electron chi connectivity index (χ2n) is 4.07. The molecule has 1 unspecified atom stereocenters. The van der Waals surface area contributed by atoms with Crippen LogP contribution in [0, 0.1) is 5.92 Å². The second-order valence-corrected chi connectivity index (χ2v) is 5.98. The first-order chi connectivity index (χ1) is 7.72. The van der Waals surface area contributed by atoms with Crippen LogP contribution in [-0.4, -0.2) is 26.8 Å². The monoisotopic (exact) mass is 305 g/mol. The minimum Gasteiger partial charge on any atom is -0.383 e. The fourth-order valence-electron chi connectivity index (χ4n) is 1.50. The lowest BCUT2D eigenvalue weighted by Crippen LogP contribution is -2.25. The number of nitrogens with one attached hydrogen (secondary N) is 1. The molecule has 1 aromatic rings. The van der Waals surface area contributed by atoms with E-state index < -0.39 is 0 Å². The summed E-state index contributed by atoms with van der Waals surface area (Å²) in [5, 5.41) is 5.55. The van der Waals surface area contributed by atoms with Gasteiger partial charge in [-0.15, -0.1) is 11.3 Å². The molecule has 92 valence electrons. The summed E-state index contributed by atoms with van der Waals surface area (Å²) in [6.07, 6.45) is 2.43. The maximum Gasteiger partial charge on any atom is 0.0587 e. The van der Waals surface area contributed by atoms with Gasteiger partial charge in [-0.3, -0.25) is 0 Å². The molecule has 0 saturated carbocycles. The summed E-state index contributed by atoms with van der Waals surface area (Å²) in [6.45, 7) is 5.12. The highest BCUT2D eigenvalue weighted by molar-refractivity contribution is 9.10. The van der Waals surface area contributed by atoms with Gasteiger partial charge in [0, 0.05) is 28.4 Å². The Balaban J connectivity index is 2.08. The average Bonchev–Trinajstić information content (AvgIpc) is 2.68. The Hall–Kier alpha value is 0.1000. The molecule has 1 aromatic heterocycles. The summed E-state index contributed by atoms with van der Waals surface area (Å²) < 4.78 is 6.20. The van der Waals surface area contributed by atoms with Gasteiger partial charge in [0.25, 0.3) is 0 Å². The highest BCUT2D eigenvalue weighted by Gasteiger charge is 2.03. The zero-order chi connectivity index (χ0) is 11.8. The number of halogens is 1. The second kappa shape index (κ2) is 8.23. The van der Waals surface area contributed by atoms with Crippen LogP contribution in [0.15, 0.2) is 15.9 Å². The lowest BCUT2D eigenvalue weighted by atomic mass is 10.1. The predicted molar refractivity (Wildman–Crippen MR) is 74.2 cm³/mol. The largest absolute Gasteiger partial charge is 0.383 e. The number of methoxy groups -OCH3 is 1. The zero-order valence-electron chi connectivity index (χ0n) is 9.96. The molecule has 0 radical (unpaired) electrons. The molecule has 0 aromatic carbocycles. The molecule has 1 heterocycles. The van der Waals surface area contributed by atoms with Gasteiger partial charge in [0.2, 0.25) is 0 Å². The van der Waals surface area contributed by atoms with Crippen molar-refractivity contribution in [2.45, 2.75) is 19.8 Å². The van der Waals surface area contributed by atoms with Crippen LogP contribution >= 0.6 is 27.3 Å². The average molecular weight is 306 g/mol. The van der Waals surface area contributed by atoms with Crippen molar-refractivity contribution < 1.29 is 4.74 Å². The van der Waals surface area contributed by atoms with Crippen molar-refractivity contribution in [1.82, 2.24) is 5.32 Å². The number of hydrogen-bond donors (Lipinski definition) is 1.